The highest BCUT2D eigenvalue weighted by Crippen LogP contribution is 2.39. The maximum Gasteiger partial charge on any atom is 0.338 e. The van der Waals surface area contributed by atoms with Crippen LogP contribution in [0.3, 0.4) is 0 Å². The Balaban J connectivity index is 1.74. The van der Waals surface area contributed by atoms with Gasteiger partial charge in [0.1, 0.15) is 11.5 Å². The number of nitrogens with zero attached hydrogens (tertiary/aromatic N) is 2. The largest absolute Gasteiger partial charge is 0.497 e. The van der Waals surface area contributed by atoms with E-state index in [0.717, 1.165) is 0 Å². The van der Waals surface area contributed by atoms with Gasteiger partial charge in [-0.3, -0.25) is 4.79 Å². The fraction of sp³-hybridized carbons (Fsp3) is 0.273. The first-order valence-corrected chi connectivity index (χ1v) is 9.79. The molecule has 0 bridgehead atoms. The van der Waals surface area contributed by atoms with Gasteiger partial charge in [0.25, 0.3) is 11.8 Å². The molecule has 1 heterocycles. The predicted octanol–water partition coefficient (Wildman–Crippen LogP) is 1.99. The van der Waals surface area contributed by atoms with Crippen LogP contribution < -0.4 is 29.4 Å². The summed E-state index contributed by atoms with van der Waals surface area (Å²) < 4.78 is 36.8. The van der Waals surface area contributed by atoms with Crippen LogP contribution in [0.2, 0.25) is 0 Å². The number of esters is 1. The molecule has 0 aliphatic heterocycles. The summed E-state index contributed by atoms with van der Waals surface area (Å²) in [5, 5.41) is 3.91. The number of rotatable bonds is 11. The van der Waals surface area contributed by atoms with E-state index < -0.39 is 18.5 Å². The summed E-state index contributed by atoms with van der Waals surface area (Å²) in [7, 11) is 5.79. The number of primary amides is 1. The molecule has 12 heteroatoms. The fourth-order valence-electron chi connectivity index (χ4n) is 2.90. The molecule has 2 aromatic carbocycles. The van der Waals surface area contributed by atoms with Crippen LogP contribution in [0.4, 0.5) is 0 Å². The van der Waals surface area contributed by atoms with Crippen LogP contribution in [0.25, 0.3) is 11.4 Å². The molecule has 3 rings (SSSR count). The highest BCUT2D eigenvalue weighted by atomic mass is 16.6. The minimum Gasteiger partial charge on any atom is -0.497 e. The van der Waals surface area contributed by atoms with E-state index in [1.807, 2.05) is 0 Å². The van der Waals surface area contributed by atoms with Crippen molar-refractivity contribution in [2.45, 2.75) is 6.61 Å². The van der Waals surface area contributed by atoms with Crippen molar-refractivity contribution < 1.29 is 42.5 Å². The minimum absolute atomic E-state index is 0.0709. The Labute approximate surface area is 194 Å². The minimum atomic E-state index is -0.708. The molecule has 0 unspecified atom stereocenters. The molecule has 180 valence electrons. The van der Waals surface area contributed by atoms with Crippen LogP contribution in [0.15, 0.2) is 34.9 Å². The van der Waals surface area contributed by atoms with Crippen LogP contribution >= 0.6 is 0 Å². The maximum absolute atomic E-state index is 12.6. The van der Waals surface area contributed by atoms with Crippen molar-refractivity contribution in [3.8, 4) is 40.1 Å². The quantitative estimate of drug-likeness (QED) is 0.407. The summed E-state index contributed by atoms with van der Waals surface area (Å²) in [6, 6.07) is 7.89. The van der Waals surface area contributed by atoms with Crippen molar-refractivity contribution in [1.82, 2.24) is 10.1 Å². The second-order valence-corrected chi connectivity index (χ2v) is 6.62. The van der Waals surface area contributed by atoms with Gasteiger partial charge < -0.3 is 38.7 Å². The molecule has 2 N–H and O–H groups in total. The first-order chi connectivity index (χ1) is 16.4. The summed E-state index contributed by atoms with van der Waals surface area (Å²) in [6.45, 7) is -0.677. The lowest BCUT2D eigenvalue weighted by molar-refractivity contribution is -0.120. The number of hydrogen-bond donors (Lipinski definition) is 1. The number of carbonyl (C=O) groups excluding carboxylic acids is 2. The van der Waals surface area contributed by atoms with E-state index in [4.69, 9.17) is 38.7 Å². The molecule has 34 heavy (non-hydrogen) atoms. The second kappa shape index (κ2) is 10.9. The molecular weight excluding hydrogens is 450 g/mol. The third-order valence-electron chi connectivity index (χ3n) is 4.50. The first kappa shape index (κ1) is 24.2. The zero-order valence-corrected chi connectivity index (χ0v) is 18.9. The Morgan fingerprint density at radius 3 is 2.21 bits per heavy atom. The van der Waals surface area contributed by atoms with Gasteiger partial charge in [-0.1, -0.05) is 5.16 Å². The number of methoxy groups -OCH3 is 4. The van der Waals surface area contributed by atoms with Gasteiger partial charge in [0.15, 0.2) is 24.7 Å². The van der Waals surface area contributed by atoms with E-state index in [1.165, 1.54) is 33.5 Å². The molecule has 0 saturated carbocycles. The van der Waals surface area contributed by atoms with Gasteiger partial charge in [-0.25, -0.2) is 4.79 Å². The zero-order valence-electron chi connectivity index (χ0n) is 18.9. The third-order valence-corrected chi connectivity index (χ3v) is 4.50. The highest BCUT2D eigenvalue weighted by Gasteiger charge is 2.20. The highest BCUT2D eigenvalue weighted by molar-refractivity contribution is 5.91. The molecule has 3 aromatic rings. The number of hydrogen-bond acceptors (Lipinski definition) is 11. The summed E-state index contributed by atoms with van der Waals surface area (Å²) in [5.41, 5.74) is 5.79. The summed E-state index contributed by atoms with van der Waals surface area (Å²) in [4.78, 5) is 27.9. The molecule has 0 spiro atoms. The van der Waals surface area contributed by atoms with Gasteiger partial charge in [0, 0.05) is 6.07 Å². The van der Waals surface area contributed by atoms with Gasteiger partial charge in [-0.2, -0.15) is 4.98 Å². The van der Waals surface area contributed by atoms with Gasteiger partial charge in [0.05, 0.1) is 39.6 Å². The van der Waals surface area contributed by atoms with E-state index in [1.54, 1.807) is 25.3 Å². The van der Waals surface area contributed by atoms with E-state index in [0.29, 0.717) is 17.1 Å². The number of nitrogens with two attached hydrogens (primary N) is 1. The Hall–Kier alpha value is -4.48. The molecule has 0 fully saturated rings. The maximum atomic E-state index is 12.6. The van der Waals surface area contributed by atoms with Gasteiger partial charge in [0.2, 0.25) is 11.6 Å². The van der Waals surface area contributed by atoms with Crippen molar-refractivity contribution in [3.63, 3.8) is 0 Å². The van der Waals surface area contributed by atoms with Gasteiger partial charge >= 0.3 is 5.97 Å². The summed E-state index contributed by atoms with van der Waals surface area (Å²) >= 11 is 0. The molecular formula is C22H23N3O9. The Morgan fingerprint density at radius 2 is 1.62 bits per heavy atom. The van der Waals surface area contributed by atoms with Crippen molar-refractivity contribution in [2.75, 3.05) is 35.0 Å². The number of amides is 1. The molecule has 0 aliphatic rings. The molecule has 0 radical (unpaired) electrons. The molecule has 1 amide bonds. The number of benzene rings is 2. The normalized spacial score (nSPS) is 10.4. The van der Waals surface area contributed by atoms with Crippen molar-refractivity contribution >= 4 is 11.9 Å². The van der Waals surface area contributed by atoms with Crippen molar-refractivity contribution in [1.29, 1.82) is 0 Å². The molecule has 0 atom stereocenters. The second-order valence-electron chi connectivity index (χ2n) is 6.62. The lowest BCUT2D eigenvalue weighted by atomic mass is 10.2. The lowest BCUT2D eigenvalue weighted by Gasteiger charge is -2.15. The third kappa shape index (κ3) is 5.46. The van der Waals surface area contributed by atoms with E-state index >= 15 is 0 Å². The standard InChI is InChI=1S/C22H23N3O9/c1-28-13-5-6-14(15(9-13)29-2)21-24-19(34-25-21)11-33-22(27)12-7-16(30-3)20(17(8-12)31-4)32-10-18(23)26/h5-9H,10-11H2,1-4H3,(H2,23,26). The van der Waals surface area contributed by atoms with Crippen LogP contribution in [-0.2, 0) is 16.1 Å². The Morgan fingerprint density at radius 1 is 0.941 bits per heavy atom. The predicted molar refractivity (Wildman–Crippen MR) is 116 cm³/mol. The number of aromatic nitrogens is 2. The van der Waals surface area contributed by atoms with Crippen LogP contribution in [0.1, 0.15) is 16.2 Å². The SMILES string of the molecule is COc1ccc(-c2noc(COC(=O)c3cc(OC)c(OCC(N)=O)c(OC)c3)n2)c(OC)c1. The van der Waals surface area contributed by atoms with Crippen LogP contribution in [0.5, 0.6) is 28.7 Å². The van der Waals surface area contributed by atoms with Crippen LogP contribution in [0, 0.1) is 0 Å². The van der Waals surface area contributed by atoms with E-state index in [-0.39, 0.29) is 41.1 Å². The number of ether oxygens (including phenoxy) is 6. The molecule has 1 aromatic heterocycles. The van der Waals surface area contributed by atoms with Crippen LogP contribution in [-0.4, -0.2) is 57.1 Å². The smallest absolute Gasteiger partial charge is 0.338 e. The topological polar surface area (TPSA) is 154 Å². The monoisotopic (exact) mass is 473 g/mol. The van der Waals surface area contributed by atoms with Crippen molar-refractivity contribution in [3.05, 3.63) is 41.8 Å². The molecule has 0 aliphatic carbocycles. The Kier molecular flexibility index (Phi) is 7.75. The van der Waals surface area contributed by atoms with E-state index in [2.05, 4.69) is 10.1 Å². The van der Waals surface area contributed by atoms with E-state index in [9.17, 15) is 9.59 Å². The van der Waals surface area contributed by atoms with Crippen molar-refractivity contribution in [2.24, 2.45) is 5.73 Å². The average Bonchev–Trinajstić information content (AvgIpc) is 3.33. The lowest BCUT2D eigenvalue weighted by Crippen LogP contribution is -2.20. The number of carbonyl (C=O) groups is 2. The molecule has 12 nitrogen and oxygen atoms in total. The summed E-state index contributed by atoms with van der Waals surface area (Å²) in [6.07, 6.45) is 0. The van der Waals surface area contributed by atoms with Gasteiger partial charge in [-0.05, 0) is 24.3 Å². The zero-order chi connectivity index (χ0) is 24.7. The Bertz CT molecular complexity index is 1150. The van der Waals surface area contributed by atoms with Gasteiger partial charge in [-0.15, -0.1) is 0 Å². The average molecular weight is 473 g/mol. The molecule has 0 saturated heterocycles. The summed E-state index contributed by atoms with van der Waals surface area (Å²) in [5.74, 6) is 0.454. The first-order valence-electron chi connectivity index (χ1n) is 9.79. The fourth-order valence-corrected chi connectivity index (χ4v) is 2.90.